The standard InChI is InChI=1S/C16H23NO2/c1-11-6-7-14(8-12(11)2)16(19)17-10-13-4-3-5-15(18)9-13/h6-8,13,15,18H,3-5,9-10H2,1-2H3,(H,17,19)/t13-,15-/m1/s1. The maximum absolute atomic E-state index is 12.1. The highest BCUT2D eigenvalue weighted by Crippen LogP contribution is 2.23. The zero-order valence-electron chi connectivity index (χ0n) is 11.8. The third-order valence-corrected chi connectivity index (χ3v) is 4.08. The molecule has 19 heavy (non-hydrogen) atoms. The van der Waals surface area contributed by atoms with Gasteiger partial charge in [0.25, 0.3) is 5.91 Å². The monoisotopic (exact) mass is 261 g/mol. The van der Waals surface area contributed by atoms with E-state index in [1.54, 1.807) is 0 Å². The molecule has 3 heteroatoms. The minimum Gasteiger partial charge on any atom is -0.393 e. The average molecular weight is 261 g/mol. The van der Waals surface area contributed by atoms with Gasteiger partial charge in [0.1, 0.15) is 0 Å². The number of rotatable bonds is 3. The van der Waals surface area contributed by atoms with Crippen LogP contribution in [0, 0.1) is 19.8 Å². The van der Waals surface area contributed by atoms with Crippen molar-refractivity contribution in [2.75, 3.05) is 6.54 Å². The number of aliphatic hydroxyl groups is 1. The summed E-state index contributed by atoms with van der Waals surface area (Å²) < 4.78 is 0. The Morgan fingerprint density at radius 1 is 1.32 bits per heavy atom. The summed E-state index contributed by atoms with van der Waals surface area (Å²) >= 11 is 0. The molecule has 3 nitrogen and oxygen atoms in total. The van der Waals surface area contributed by atoms with E-state index in [0.717, 1.165) is 36.8 Å². The molecule has 0 radical (unpaired) electrons. The Morgan fingerprint density at radius 2 is 2.11 bits per heavy atom. The highest BCUT2D eigenvalue weighted by atomic mass is 16.3. The molecule has 1 fully saturated rings. The van der Waals surface area contributed by atoms with Crippen molar-refractivity contribution < 1.29 is 9.90 Å². The molecule has 1 amide bonds. The number of nitrogens with one attached hydrogen (secondary N) is 1. The summed E-state index contributed by atoms with van der Waals surface area (Å²) in [6.07, 6.45) is 3.70. The van der Waals surface area contributed by atoms with Gasteiger partial charge in [-0.25, -0.2) is 0 Å². The van der Waals surface area contributed by atoms with Crippen LogP contribution in [0.15, 0.2) is 18.2 Å². The summed E-state index contributed by atoms with van der Waals surface area (Å²) in [5, 5.41) is 12.6. The van der Waals surface area contributed by atoms with Gasteiger partial charge < -0.3 is 10.4 Å². The number of hydrogen-bond acceptors (Lipinski definition) is 2. The smallest absolute Gasteiger partial charge is 0.251 e. The molecule has 1 aromatic carbocycles. The summed E-state index contributed by atoms with van der Waals surface area (Å²) in [6.45, 7) is 4.73. The van der Waals surface area contributed by atoms with Crippen molar-refractivity contribution in [3.63, 3.8) is 0 Å². The van der Waals surface area contributed by atoms with Gasteiger partial charge in [-0.1, -0.05) is 12.5 Å². The Hall–Kier alpha value is -1.35. The second-order valence-corrected chi connectivity index (χ2v) is 5.70. The van der Waals surface area contributed by atoms with Crippen molar-refractivity contribution in [2.45, 2.75) is 45.6 Å². The van der Waals surface area contributed by atoms with Crippen molar-refractivity contribution >= 4 is 5.91 Å². The third kappa shape index (κ3) is 3.80. The first-order chi connectivity index (χ1) is 9.06. The molecule has 1 aliphatic rings. The predicted octanol–water partition coefficient (Wildman–Crippen LogP) is 2.58. The number of benzene rings is 1. The molecule has 1 saturated carbocycles. The molecule has 104 valence electrons. The lowest BCUT2D eigenvalue weighted by atomic mass is 9.87. The molecule has 2 atom stereocenters. The number of aryl methyl sites for hydroxylation is 2. The molecule has 2 N–H and O–H groups in total. The molecule has 0 spiro atoms. The summed E-state index contributed by atoms with van der Waals surface area (Å²) in [5.74, 6) is 0.405. The number of carbonyl (C=O) groups is 1. The maximum atomic E-state index is 12.1. The van der Waals surface area contributed by atoms with Crippen molar-refractivity contribution in [1.82, 2.24) is 5.32 Å². The quantitative estimate of drug-likeness (QED) is 0.878. The summed E-state index contributed by atoms with van der Waals surface area (Å²) in [5.41, 5.74) is 3.06. The first-order valence-corrected chi connectivity index (χ1v) is 7.10. The van der Waals surface area contributed by atoms with Gasteiger partial charge in [-0.2, -0.15) is 0 Å². The van der Waals surface area contributed by atoms with E-state index >= 15 is 0 Å². The van der Waals surface area contributed by atoms with E-state index in [-0.39, 0.29) is 12.0 Å². The van der Waals surface area contributed by atoms with Crippen LogP contribution < -0.4 is 5.32 Å². The molecular formula is C16H23NO2. The van der Waals surface area contributed by atoms with Crippen molar-refractivity contribution in [3.05, 3.63) is 34.9 Å². The highest BCUT2D eigenvalue weighted by molar-refractivity contribution is 5.94. The number of amides is 1. The van der Waals surface area contributed by atoms with Gasteiger partial charge in [-0.05, 0) is 62.3 Å². The van der Waals surface area contributed by atoms with Crippen LogP contribution >= 0.6 is 0 Å². The fourth-order valence-electron chi connectivity index (χ4n) is 2.67. The van der Waals surface area contributed by atoms with Gasteiger partial charge in [0, 0.05) is 12.1 Å². The van der Waals surface area contributed by atoms with Crippen LogP contribution in [-0.2, 0) is 0 Å². The van der Waals surface area contributed by atoms with E-state index < -0.39 is 0 Å². The second-order valence-electron chi connectivity index (χ2n) is 5.70. The van der Waals surface area contributed by atoms with Crippen LogP contribution in [0.3, 0.4) is 0 Å². The first-order valence-electron chi connectivity index (χ1n) is 7.10. The second kappa shape index (κ2) is 6.20. The van der Waals surface area contributed by atoms with E-state index in [0.29, 0.717) is 12.5 Å². The molecule has 0 aliphatic heterocycles. The van der Waals surface area contributed by atoms with Crippen LogP contribution in [0.4, 0.5) is 0 Å². The predicted molar refractivity (Wildman–Crippen MR) is 76.2 cm³/mol. The zero-order chi connectivity index (χ0) is 13.8. The SMILES string of the molecule is Cc1ccc(C(=O)NC[C@@H]2CCC[C@@H](O)C2)cc1C. The lowest BCUT2D eigenvalue weighted by molar-refractivity contribution is 0.0874. The van der Waals surface area contributed by atoms with E-state index in [9.17, 15) is 9.90 Å². The topological polar surface area (TPSA) is 49.3 Å². The highest BCUT2D eigenvalue weighted by Gasteiger charge is 2.20. The molecule has 0 heterocycles. The van der Waals surface area contributed by atoms with Gasteiger partial charge in [0.05, 0.1) is 6.10 Å². The van der Waals surface area contributed by atoms with Gasteiger partial charge in [0.2, 0.25) is 0 Å². The summed E-state index contributed by atoms with van der Waals surface area (Å²) in [4.78, 5) is 12.1. The molecule has 1 aromatic rings. The van der Waals surface area contributed by atoms with Gasteiger partial charge in [0.15, 0.2) is 0 Å². The molecule has 2 rings (SSSR count). The normalized spacial score (nSPS) is 23.1. The number of hydrogen-bond donors (Lipinski definition) is 2. The van der Waals surface area contributed by atoms with Crippen molar-refractivity contribution in [2.24, 2.45) is 5.92 Å². The number of carbonyl (C=O) groups excluding carboxylic acids is 1. The molecule has 0 saturated heterocycles. The van der Waals surface area contributed by atoms with Gasteiger partial charge >= 0.3 is 0 Å². The molecule has 0 unspecified atom stereocenters. The minimum atomic E-state index is -0.183. The Bertz CT molecular complexity index is 456. The fourth-order valence-corrected chi connectivity index (χ4v) is 2.67. The Morgan fingerprint density at radius 3 is 2.79 bits per heavy atom. The van der Waals surface area contributed by atoms with Crippen LogP contribution in [0.1, 0.15) is 47.2 Å². The van der Waals surface area contributed by atoms with E-state index in [1.807, 2.05) is 32.0 Å². The molecule has 0 bridgehead atoms. The van der Waals surface area contributed by atoms with Crippen molar-refractivity contribution in [1.29, 1.82) is 0 Å². The Balaban J connectivity index is 1.88. The van der Waals surface area contributed by atoms with Crippen molar-refractivity contribution in [3.8, 4) is 0 Å². The van der Waals surface area contributed by atoms with E-state index in [2.05, 4.69) is 5.32 Å². The van der Waals surface area contributed by atoms with Gasteiger partial charge in [-0.15, -0.1) is 0 Å². The largest absolute Gasteiger partial charge is 0.393 e. The minimum absolute atomic E-state index is 0.0110. The number of aliphatic hydroxyl groups excluding tert-OH is 1. The summed E-state index contributed by atoms with van der Waals surface area (Å²) in [7, 11) is 0. The van der Waals surface area contributed by atoms with Crippen LogP contribution in [0.2, 0.25) is 0 Å². The lowest BCUT2D eigenvalue weighted by Crippen LogP contribution is -2.33. The molecular weight excluding hydrogens is 238 g/mol. The van der Waals surface area contributed by atoms with Crippen LogP contribution in [0.25, 0.3) is 0 Å². The van der Waals surface area contributed by atoms with Crippen LogP contribution in [-0.4, -0.2) is 23.7 Å². The Kier molecular flexibility index (Phi) is 4.59. The molecule has 0 aromatic heterocycles. The average Bonchev–Trinajstić information content (AvgIpc) is 2.39. The third-order valence-electron chi connectivity index (χ3n) is 4.08. The van der Waals surface area contributed by atoms with Gasteiger partial charge in [-0.3, -0.25) is 4.79 Å². The summed E-state index contributed by atoms with van der Waals surface area (Å²) in [6, 6.07) is 5.78. The Labute approximate surface area is 115 Å². The van der Waals surface area contributed by atoms with Crippen LogP contribution in [0.5, 0.6) is 0 Å². The van der Waals surface area contributed by atoms with E-state index in [1.165, 1.54) is 5.56 Å². The lowest BCUT2D eigenvalue weighted by Gasteiger charge is -2.25. The fraction of sp³-hybridized carbons (Fsp3) is 0.562. The van der Waals surface area contributed by atoms with E-state index in [4.69, 9.17) is 0 Å². The maximum Gasteiger partial charge on any atom is 0.251 e. The molecule has 1 aliphatic carbocycles. The zero-order valence-corrected chi connectivity index (χ0v) is 11.8. The first kappa shape index (κ1) is 14.1.